The zero-order chi connectivity index (χ0) is 10.4. The molecule has 3 heteroatoms. The van der Waals surface area contributed by atoms with E-state index in [1.54, 1.807) is 11.3 Å². The standard InChI is InChI=1S/C11H20N2S/c1-11(2,3)13-6-5-12-8-10-4-7-14-9-10/h4,7,9,12-13H,5-6,8H2,1-3H3. The van der Waals surface area contributed by atoms with Crippen LogP contribution in [-0.2, 0) is 6.54 Å². The van der Waals surface area contributed by atoms with Crippen molar-refractivity contribution in [3.05, 3.63) is 22.4 Å². The van der Waals surface area contributed by atoms with Gasteiger partial charge in [0.05, 0.1) is 0 Å². The normalized spacial score (nSPS) is 11.9. The van der Waals surface area contributed by atoms with Gasteiger partial charge in [0.15, 0.2) is 0 Å². The Morgan fingerprint density at radius 3 is 2.64 bits per heavy atom. The van der Waals surface area contributed by atoms with Crippen LogP contribution in [-0.4, -0.2) is 18.6 Å². The molecule has 0 bridgehead atoms. The highest BCUT2D eigenvalue weighted by atomic mass is 32.1. The number of thiophene rings is 1. The molecule has 0 atom stereocenters. The summed E-state index contributed by atoms with van der Waals surface area (Å²) in [6, 6.07) is 2.16. The predicted molar refractivity (Wildman–Crippen MR) is 63.8 cm³/mol. The summed E-state index contributed by atoms with van der Waals surface area (Å²) < 4.78 is 0. The first kappa shape index (κ1) is 11.7. The van der Waals surface area contributed by atoms with Crippen molar-refractivity contribution in [1.82, 2.24) is 10.6 Å². The number of hydrogen-bond donors (Lipinski definition) is 2. The SMILES string of the molecule is CC(C)(C)NCCNCc1ccsc1. The van der Waals surface area contributed by atoms with Crippen LogP contribution in [0.1, 0.15) is 26.3 Å². The third-order valence-corrected chi connectivity index (χ3v) is 2.60. The van der Waals surface area contributed by atoms with Crippen LogP contribution in [0.15, 0.2) is 16.8 Å². The lowest BCUT2D eigenvalue weighted by Gasteiger charge is -2.20. The van der Waals surface area contributed by atoms with Crippen LogP contribution >= 0.6 is 11.3 Å². The van der Waals surface area contributed by atoms with E-state index in [9.17, 15) is 0 Å². The van der Waals surface area contributed by atoms with Crippen LogP contribution in [0.3, 0.4) is 0 Å². The van der Waals surface area contributed by atoms with Gasteiger partial charge in [-0.15, -0.1) is 0 Å². The molecule has 2 nitrogen and oxygen atoms in total. The first-order valence-electron chi connectivity index (χ1n) is 5.05. The van der Waals surface area contributed by atoms with Crippen LogP contribution in [0, 0.1) is 0 Å². The van der Waals surface area contributed by atoms with Gasteiger partial charge in [-0.25, -0.2) is 0 Å². The summed E-state index contributed by atoms with van der Waals surface area (Å²) >= 11 is 1.75. The Bertz CT molecular complexity index is 236. The summed E-state index contributed by atoms with van der Waals surface area (Å²) in [5.74, 6) is 0. The Morgan fingerprint density at radius 2 is 2.07 bits per heavy atom. The third-order valence-electron chi connectivity index (χ3n) is 1.87. The summed E-state index contributed by atoms with van der Waals surface area (Å²) in [6.07, 6.45) is 0. The van der Waals surface area contributed by atoms with E-state index in [-0.39, 0.29) is 5.54 Å². The predicted octanol–water partition coefficient (Wildman–Crippen LogP) is 2.23. The Labute approximate surface area is 90.7 Å². The Balaban J connectivity index is 2.00. The van der Waals surface area contributed by atoms with Gasteiger partial charge in [-0.1, -0.05) is 0 Å². The zero-order valence-corrected chi connectivity index (χ0v) is 10.1. The number of hydrogen-bond acceptors (Lipinski definition) is 3. The van der Waals surface area contributed by atoms with E-state index in [1.807, 2.05) is 0 Å². The van der Waals surface area contributed by atoms with Crippen molar-refractivity contribution < 1.29 is 0 Å². The fraction of sp³-hybridized carbons (Fsp3) is 0.636. The first-order chi connectivity index (χ1) is 6.58. The molecule has 2 N–H and O–H groups in total. The molecule has 14 heavy (non-hydrogen) atoms. The van der Waals surface area contributed by atoms with Gasteiger partial charge < -0.3 is 10.6 Å². The summed E-state index contributed by atoms with van der Waals surface area (Å²) in [7, 11) is 0. The van der Waals surface area contributed by atoms with Gasteiger partial charge in [-0.2, -0.15) is 11.3 Å². The maximum absolute atomic E-state index is 3.44. The van der Waals surface area contributed by atoms with Crippen molar-refractivity contribution >= 4 is 11.3 Å². The van der Waals surface area contributed by atoms with Gasteiger partial charge >= 0.3 is 0 Å². The summed E-state index contributed by atoms with van der Waals surface area (Å²) in [4.78, 5) is 0. The zero-order valence-electron chi connectivity index (χ0n) is 9.26. The second kappa shape index (κ2) is 5.49. The van der Waals surface area contributed by atoms with Crippen LogP contribution in [0.4, 0.5) is 0 Å². The Hall–Kier alpha value is -0.380. The minimum atomic E-state index is 0.226. The quantitative estimate of drug-likeness (QED) is 0.731. The second-order valence-corrected chi connectivity index (χ2v) is 5.27. The fourth-order valence-corrected chi connectivity index (χ4v) is 1.82. The molecule has 80 valence electrons. The van der Waals surface area contributed by atoms with E-state index in [0.29, 0.717) is 0 Å². The second-order valence-electron chi connectivity index (χ2n) is 4.49. The van der Waals surface area contributed by atoms with Gasteiger partial charge in [-0.3, -0.25) is 0 Å². The summed E-state index contributed by atoms with van der Waals surface area (Å²) in [6.45, 7) is 9.58. The molecular weight excluding hydrogens is 192 g/mol. The number of rotatable bonds is 5. The van der Waals surface area contributed by atoms with Gasteiger partial charge in [0.1, 0.15) is 0 Å². The molecule has 1 aromatic heterocycles. The minimum absolute atomic E-state index is 0.226. The lowest BCUT2D eigenvalue weighted by Crippen LogP contribution is -2.40. The molecule has 0 radical (unpaired) electrons. The van der Waals surface area contributed by atoms with Crippen molar-refractivity contribution in [3.63, 3.8) is 0 Å². The highest BCUT2D eigenvalue weighted by Crippen LogP contribution is 2.04. The maximum Gasteiger partial charge on any atom is 0.0214 e. The first-order valence-corrected chi connectivity index (χ1v) is 5.99. The van der Waals surface area contributed by atoms with Crippen molar-refractivity contribution in [2.24, 2.45) is 0 Å². The third kappa shape index (κ3) is 5.37. The smallest absolute Gasteiger partial charge is 0.0214 e. The molecule has 0 unspecified atom stereocenters. The van der Waals surface area contributed by atoms with E-state index in [2.05, 4.69) is 48.2 Å². The average Bonchev–Trinajstić information content (AvgIpc) is 2.54. The monoisotopic (exact) mass is 212 g/mol. The van der Waals surface area contributed by atoms with E-state index >= 15 is 0 Å². The van der Waals surface area contributed by atoms with Crippen molar-refractivity contribution in [1.29, 1.82) is 0 Å². The molecule has 1 rings (SSSR count). The molecule has 1 aromatic rings. The van der Waals surface area contributed by atoms with E-state index in [0.717, 1.165) is 19.6 Å². The molecule has 0 aliphatic carbocycles. The minimum Gasteiger partial charge on any atom is -0.311 e. The summed E-state index contributed by atoms with van der Waals surface area (Å²) in [5.41, 5.74) is 1.61. The van der Waals surface area contributed by atoms with E-state index in [1.165, 1.54) is 5.56 Å². The van der Waals surface area contributed by atoms with Crippen LogP contribution in [0.2, 0.25) is 0 Å². The molecular formula is C11H20N2S. The van der Waals surface area contributed by atoms with Gasteiger partial charge in [0.2, 0.25) is 0 Å². The molecule has 0 fully saturated rings. The molecule has 0 aliphatic heterocycles. The Morgan fingerprint density at radius 1 is 1.29 bits per heavy atom. The summed E-state index contributed by atoms with van der Waals surface area (Å²) in [5, 5.41) is 11.1. The molecule has 0 spiro atoms. The fourth-order valence-electron chi connectivity index (χ4n) is 1.15. The van der Waals surface area contributed by atoms with Gasteiger partial charge in [0.25, 0.3) is 0 Å². The average molecular weight is 212 g/mol. The maximum atomic E-state index is 3.44. The lowest BCUT2D eigenvalue weighted by molar-refractivity contribution is 0.421. The molecule has 0 saturated carbocycles. The molecule has 0 amide bonds. The highest BCUT2D eigenvalue weighted by molar-refractivity contribution is 7.07. The van der Waals surface area contributed by atoms with E-state index < -0.39 is 0 Å². The van der Waals surface area contributed by atoms with Crippen molar-refractivity contribution in [2.75, 3.05) is 13.1 Å². The Kier molecular flexibility index (Phi) is 4.58. The topological polar surface area (TPSA) is 24.1 Å². The van der Waals surface area contributed by atoms with Gasteiger partial charge in [-0.05, 0) is 43.2 Å². The highest BCUT2D eigenvalue weighted by Gasteiger charge is 2.06. The van der Waals surface area contributed by atoms with E-state index in [4.69, 9.17) is 0 Å². The van der Waals surface area contributed by atoms with Crippen molar-refractivity contribution in [2.45, 2.75) is 32.9 Å². The largest absolute Gasteiger partial charge is 0.311 e. The molecule has 0 aliphatic rings. The number of nitrogens with one attached hydrogen (secondary N) is 2. The molecule has 1 heterocycles. The van der Waals surface area contributed by atoms with Crippen LogP contribution < -0.4 is 10.6 Å². The van der Waals surface area contributed by atoms with Crippen molar-refractivity contribution in [3.8, 4) is 0 Å². The molecule has 0 aromatic carbocycles. The van der Waals surface area contributed by atoms with Gasteiger partial charge in [0, 0.05) is 25.2 Å². The lowest BCUT2D eigenvalue weighted by atomic mass is 10.1. The van der Waals surface area contributed by atoms with Crippen LogP contribution in [0.25, 0.3) is 0 Å². The van der Waals surface area contributed by atoms with Crippen LogP contribution in [0.5, 0.6) is 0 Å². The molecule has 0 saturated heterocycles.